The lowest BCUT2D eigenvalue weighted by Crippen LogP contribution is -1.74. The van der Waals surface area contributed by atoms with Crippen LogP contribution in [0.4, 0.5) is 0 Å². The molecule has 4 heteroatoms. The normalized spacial score (nSPS) is 10.4. The van der Waals surface area contributed by atoms with E-state index in [1.165, 1.54) is 11.3 Å². The minimum Gasteiger partial charge on any atom is -0.297 e. The van der Waals surface area contributed by atoms with Crippen LogP contribution in [0, 0.1) is 0 Å². The average Bonchev–Trinajstić information content (AvgIpc) is 2.42. The lowest BCUT2D eigenvalue weighted by Gasteiger charge is -1.72. The van der Waals surface area contributed by atoms with Gasteiger partial charge in [-0.1, -0.05) is 0 Å². The molecule has 3 nitrogen and oxygen atoms in total. The van der Waals surface area contributed by atoms with Crippen LogP contribution in [0.1, 0.15) is 10.5 Å². The summed E-state index contributed by atoms with van der Waals surface area (Å²) in [6, 6.07) is 0. The molecule has 0 fully saturated rings. The number of aromatic nitrogens is 2. The van der Waals surface area contributed by atoms with Gasteiger partial charge in [0.25, 0.3) is 0 Å². The highest BCUT2D eigenvalue weighted by Crippen LogP contribution is 2.09. The number of carbonyl (C=O) groups is 1. The second kappa shape index (κ2) is 1.91. The highest BCUT2D eigenvalue weighted by molar-refractivity contribution is 7.15. The van der Waals surface area contributed by atoms with Gasteiger partial charge in [-0.25, -0.2) is 4.98 Å². The first-order valence-corrected chi connectivity index (χ1v) is 3.65. The predicted octanol–water partition coefficient (Wildman–Crippen LogP) is 1.21. The molecule has 2 rings (SSSR count). The Balaban J connectivity index is 2.78. The summed E-state index contributed by atoms with van der Waals surface area (Å²) in [6.07, 6.45) is 4.33. The van der Waals surface area contributed by atoms with Gasteiger partial charge in [0.05, 0.1) is 0 Å². The van der Waals surface area contributed by atoms with Gasteiger partial charge in [0.1, 0.15) is 5.69 Å². The number of nitrogens with zero attached hydrogens (tertiary/aromatic N) is 2. The number of imidazole rings is 1. The summed E-state index contributed by atoms with van der Waals surface area (Å²) in [7, 11) is 0. The minimum atomic E-state index is 0.492. The number of carbonyl (C=O) groups excluding carboxylic acids is 1. The zero-order valence-electron chi connectivity index (χ0n) is 5.02. The van der Waals surface area contributed by atoms with Gasteiger partial charge in [-0.2, -0.15) is 0 Å². The van der Waals surface area contributed by atoms with Crippen molar-refractivity contribution >= 4 is 22.6 Å². The van der Waals surface area contributed by atoms with E-state index in [-0.39, 0.29) is 0 Å². The first-order valence-electron chi connectivity index (χ1n) is 2.77. The summed E-state index contributed by atoms with van der Waals surface area (Å²) in [4.78, 5) is 15.1. The Morgan fingerprint density at radius 1 is 1.70 bits per heavy atom. The summed E-state index contributed by atoms with van der Waals surface area (Å²) >= 11 is 1.52. The number of fused-ring (bicyclic) bond motifs is 1. The Hall–Kier alpha value is -1.16. The van der Waals surface area contributed by atoms with Gasteiger partial charge in [0, 0.05) is 17.8 Å². The molecule has 0 aromatic carbocycles. The average molecular weight is 152 g/mol. The third-order valence-electron chi connectivity index (χ3n) is 1.23. The first kappa shape index (κ1) is 5.61. The largest absolute Gasteiger partial charge is 0.297 e. The van der Waals surface area contributed by atoms with E-state index in [1.54, 1.807) is 6.20 Å². The van der Waals surface area contributed by atoms with Gasteiger partial charge in [-0.05, 0) is 0 Å². The fourth-order valence-electron chi connectivity index (χ4n) is 0.802. The van der Waals surface area contributed by atoms with Crippen LogP contribution in [0.25, 0.3) is 4.96 Å². The monoisotopic (exact) mass is 152 g/mol. The molecule has 0 bridgehead atoms. The molecule has 2 heterocycles. The topological polar surface area (TPSA) is 34.4 Å². The highest BCUT2D eigenvalue weighted by Gasteiger charge is 1.98. The predicted molar refractivity (Wildman–Crippen MR) is 38.5 cm³/mol. The van der Waals surface area contributed by atoms with Crippen molar-refractivity contribution in [2.75, 3.05) is 0 Å². The van der Waals surface area contributed by atoms with Crippen molar-refractivity contribution in [1.82, 2.24) is 9.38 Å². The Morgan fingerprint density at radius 3 is 3.30 bits per heavy atom. The van der Waals surface area contributed by atoms with Crippen LogP contribution in [0.15, 0.2) is 17.8 Å². The smallest absolute Gasteiger partial charge is 0.194 e. The zero-order chi connectivity index (χ0) is 6.97. The van der Waals surface area contributed by atoms with Crippen LogP contribution < -0.4 is 0 Å². The number of hydrogen-bond donors (Lipinski definition) is 0. The van der Waals surface area contributed by atoms with Crippen molar-refractivity contribution in [2.45, 2.75) is 0 Å². The molecule has 2 aromatic heterocycles. The molecule has 10 heavy (non-hydrogen) atoms. The van der Waals surface area contributed by atoms with E-state index in [1.807, 2.05) is 16.0 Å². The quantitative estimate of drug-likeness (QED) is 0.575. The van der Waals surface area contributed by atoms with Crippen molar-refractivity contribution in [3.63, 3.8) is 0 Å². The van der Waals surface area contributed by atoms with Gasteiger partial charge < -0.3 is 0 Å². The van der Waals surface area contributed by atoms with Gasteiger partial charge in [-0.15, -0.1) is 11.3 Å². The third kappa shape index (κ3) is 0.657. The molecule has 0 amide bonds. The first-order chi connectivity index (χ1) is 4.90. The maximum atomic E-state index is 10.2. The Bertz CT molecular complexity index is 334. The maximum Gasteiger partial charge on any atom is 0.194 e. The van der Waals surface area contributed by atoms with E-state index in [0.717, 1.165) is 11.2 Å². The SMILES string of the molecule is O=Cc1cn2ccsc2n1. The van der Waals surface area contributed by atoms with Crippen molar-refractivity contribution in [3.8, 4) is 0 Å². The molecular weight excluding hydrogens is 148 g/mol. The molecule has 0 unspecified atom stereocenters. The molecule has 0 N–H and O–H groups in total. The molecule has 2 aromatic rings. The molecule has 0 saturated carbocycles. The third-order valence-corrected chi connectivity index (χ3v) is 2.00. The maximum absolute atomic E-state index is 10.2. The molecule has 0 aliphatic carbocycles. The van der Waals surface area contributed by atoms with Crippen LogP contribution in [0.2, 0.25) is 0 Å². The number of aldehydes is 1. The van der Waals surface area contributed by atoms with Gasteiger partial charge in [0.15, 0.2) is 11.2 Å². The molecule has 0 saturated heterocycles. The molecule has 0 atom stereocenters. The number of hydrogen-bond acceptors (Lipinski definition) is 3. The second-order valence-electron chi connectivity index (χ2n) is 1.88. The van der Waals surface area contributed by atoms with E-state index in [0.29, 0.717) is 5.69 Å². The number of rotatable bonds is 1. The summed E-state index contributed by atoms with van der Waals surface area (Å²) in [6.45, 7) is 0. The van der Waals surface area contributed by atoms with Crippen LogP contribution in [-0.4, -0.2) is 15.7 Å². The fourth-order valence-corrected chi connectivity index (χ4v) is 1.51. The lowest BCUT2D eigenvalue weighted by atomic mass is 10.5. The second-order valence-corrected chi connectivity index (χ2v) is 2.75. The van der Waals surface area contributed by atoms with Crippen LogP contribution in [-0.2, 0) is 0 Å². The van der Waals surface area contributed by atoms with Crippen molar-refractivity contribution in [3.05, 3.63) is 23.5 Å². The standard InChI is InChI=1S/C6H4N2OS/c9-4-5-3-8-1-2-10-6(8)7-5/h1-4H. The van der Waals surface area contributed by atoms with E-state index in [9.17, 15) is 4.79 Å². The van der Waals surface area contributed by atoms with Crippen LogP contribution >= 0.6 is 11.3 Å². The molecular formula is C6H4N2OS. The molecule has 0 aliphatic heterocycles. The summed E-state index contributed by atoms with van der Waals surface area (Å²) in [5, 5.41) is 1.93. The van der Waals surface area contributed by atoms with Crippen molar-refractivity contribution < 1.29 is 4.79 Å². The molecule has 50 valence electrons. The number of thiazole rings is 1. The van der Waals surface area contributed by atoms with E-state index in [2.05, 4.69) is 4.98 Å². The van der Waals surface area contributed by atoms with Crippen molar-refractivity contribution in [2.24, 2.45) is 0 Å². The fraction of sp³-hybridized carbons (Fsp3) is 0. The summed E-state index contributed by atoms with van der Waals surface area (Å²) < 4.78 is 1.83. The van der Waals surface area contributed by atoms with Crippen LogP contribution in [0.3, 0.4) is 0 Å². The van der Waals surface area contributed by atoms with Crippen LogP contribution in [0.5, 0.6) is 0 Å². The van der Waals surface area contributed by atoms with Gasteiger partial charge in [-0.3, -0.25) is 9.20 Å². The summed E-state index contributed by atoms with van der Waals surface area (Å²) in [5.41, 5.74) is 0.492. The molecule has 0 aliphatic rings. The van der Waals surface area contributed by atoms with Gasteiger partial charge >= 0.3 is 0 Å². The highest BCUT2D eigenvalue weighted by atomic mass is 32.1. The van der Waals surface area contributed by atoms with E-state index < -0.39 is 0 Å². The van der Waals surface area contributed by atoms with Crippen molar-refractivity contribution in [1.29, 1.82) is 0 Å². The van der Waals surface area contributed by atoms with E-state index >= 15 is 0 Å². The van der Waals surface area contributed by atoms with E-state index in [4.69, 9.17) is 0 Å². The Labute approximate surface area is 60.9 Å². The lowest BCUT2D eigenvalue weighted by molar-refractivity contribution is 0.111. The molecule has 0 spiro atoms. The zero-order valence-corrected chi connectivity index (χ0v) is 5.84. The Kier molecular flexibility index (Phi) is 1.07. The Morgan fingerprint density at radius 2 is 2.60 bits per heavy atom. The molecule has 0 radical (unpaired) electrons. The summed E-state index contributed by atoms with van der Waals surface area (Å²) in [5.74, 6) is 0. The van der Waals surface area contributed by atoms with Gasteiger partial charge in [0.2, 0.25) is 0 Å². The minimum absolute atomic E-state index is 0.492.